The van der Waals surface area contributed by atoms with Crippen LogP contribution in [0.2, 0.25) is 0 Å². The van der Waals surface area contributed by atoms with Crippen LogP contribution in [0.15, 0.2) is 18.3 Å². The van der Waals surface area contributed by atoms with Crippen LogP contribution in [0.3, 0.4) is 0 Å². The van der Waals surface area contributed by atoms with Crippen molar-refractivity contribution in [1.82, 2.24) is 9.78 Å². The molecule has 2 aromatic rings. The number of aromatic nitrogens is 2. The molecular formula is C13H13F2N3O2. The monoisotopic (exact) mass is 281 g/mol. The van der Waals surface area contributed by atoms with Gasteiger partial charge in [-0.05, 0) is 13.0 Å². The van der Waals surface area contributed by atoms with Crippen LogP contribution >= 0.6 is 0 Å². The molecule has 0 saturated heterocycles. The second-order valence-corrected chi connectivity index (χ2v) is 4.35. The highest BCUT2D eigenvalue weighted by Gasteiger charge is 2.15. The zero-order valence-corrected chi connectivity index (χ0v) is 10.9. The van der Waals surface area contributed by atoms with E-state index in [2.05, 4.69) is 10.4 Å². The summed E-state index contributed by atoms with van der Waals surface area (Å²) in [5.41, 5.74) is 1.11. The molecule has 1 aromatic carbocycles. The Morgan fingerprint density at radius 1 is 1.40 bits per heavy atom. The molecule has 7 heteroatoms. The van der Waals surface area contributed by atoms with E-state index >= 15 is 0 Å². The van der Waals surface area contributed by atoms with Crippen molar-refractivity contribution in [3.8, 4) is 0 Å². The number of carboxylic acids is 1. The summed E-state index contributed by atoms with van der Waals surface area (Å²) in [5.74, 6) is -3.38. The number of benzene rings is 1. The first-order chi connectivity index (χ1) is 9.40. The van der Waals surface area contributed by atoms with Crippen LogP contribution in [0.5, 0.6) is 0 Å². The molecule has 0 amide bonds. The number of rotatable bonds is 4. The average molecular weight is 281 g/mol. The number of carboxylic acid groups (broad SMARTS) is 1. The van der Waals surface area contributed by atoms with Gasteiger partial charge < -0.3 is 10.4 Å². The number of halogens is 2. The normalized spacial score (nSPS) is 10.6. The fraction of sp³-hybridized carbons (Fsp3) is 0.231. The van der Waals surface area contributed by atoms with Crippen LogP contribution in [0.4, 0.5) is 14.5 Å². The maximum absolute atomic E-state index is 13.6. The lowest BCUT2D eigenvalue weighted by Crippen LogP contribution is -2.07. The van der Waals surface area contributed by atoms with Gasteiger partial charge in [-0.15, -0.1) is 0 Å². The molecule has 0 bridgehead atoms. The summed E-state index contributed by atoms with van der Waals surface area (Å²) in [6.07, 6.45) is 1.63. The van der Waals surface area contributed by atoms with Crippen molar-refractivity contribution in [2.24, 2.45) is 7.05 Å². The van der Waals surface area contributed by atoms with Gasteiger partial charge in [0.2, 0.25) is 0 Å². The second kappa shape index (κ2) is 5.28. The van der Waals surface area contributed by atoms with E-state index in [1.54, 1.807) is 17.9 Å². The standard InChI is InChI=1S/C13H13F2N3O2/c1-7-8(6-17-18(7)2)5-16-12-3-9(13(19)20)10(14)4-11(12)15/h3-4,6,16H,5H2,1-2H3,(H,19,20). The first kappa shape index (κ1) is 14.0. The Kier molecular flexibility index (Phi) is 3.69. The van der Waals surface area contributed by atoms with Crippen molar-refractivity contribution in [1.29, 1.82) is 0 Å². The Morgan fingerprint density at radius 2 is 2.10 bits per heavy atom. The summed E-state index contributed by atoms with van der Waals surface area (Å²) in [5, 5.41) is 15.6. The third-order valence-electron chi connectivity index (χ3n) is 3.09. The predicted octanol–water partition coefficient (Wildman–Crippen LogP) is 2.32. The molecule has 0 radical (unpaired) electrons. The van der Waals surface area contributed by atoms with Crippen LogP contribution in [0.25, 0.3) is 0 Å². The largest absolute Gasteiger partial charge is 0.478 e. The van der Waals surface area contributed by atoms with E-state index in [0.717, 1.165) is 17.3 Å². The Balaban J connectivity index is 2.23. The lowest BCUT2D eigenvalue weighted by Gasteiger charge is -2.09. The molecule has 5 nitrogen and oxygen atoms in total. The molecule has 0 aliphatic rings. The third-order valence-corrected chi connectivity index (χ3v) is 3.09. The van der Waals surface area contributed by atoms with Crippen LogP contribution < -0.4 is 5.32 Å². The number of carbonyl (C=O) groups is 1. The van der Waals surface area contributed by atoms with E-state index in [1.165, 1.54) is 0 Å². The SMILES string of the molecule is Cc1c(CNc2cc(C(=O)O)c(F)cc2F)cnn1C. The number of aryl methyl sites for hydroxylation is 1. The van der Waals surface area contributed by atoms with E-state index in [0.29, 0.717) is 6.07 Å². The van der Waals surface area contributed by atoms with Gasteiger partial charge in [0.1, 0.15) is 11.6 Å². The molecule has 0 aliphatic heterocycles. The lowest BCUT2D eigenvalue weighted by molar-refractivity contribution is 0.0692. The first-order valence-electron chi connectivity index (χ1n) is 5.84. The van der Waals surface area contributed by atoms with Gasteiger partial charge in [-0.2, -0.15) is 5.10 Å². The molecule has 0 saturated carbocycles. The van der Waals surface area contributed by atoms with Crippen molar-refractivity contribution >= 4 is 11.7 Å². The van der Waals surface area contributed by atoms with E-state index in [4.69, 9.17) is 5.11 Å². The summed E-state index contributed by atoms with van der Waals surface area (Å²) in [6.45, 7) is 2.12. The second-order valence-electron chi connectivity index (χ2n) is 4.35. The molecule has 0 spiro atoms. The number of hydrogen-bond acceptors (Lipinski definition) is 3. The topological polar surface area (TPSA) is 67.2 Å². The molecule has 2 N–H and O–H groups in total. The van der Waals surface area contributed by atoms with Gasteiger partial charge >= 0.3 is 5.97 Å². The van der Waals surface area contributed by atoms with Crippen LogP contribution in [0.1, 0.15) is 21.6 Å². The van der Waals surface area contributed by atoms with Crippen molar-refractivity contribution in [2.45, 2.75) is 13.5 Å². The third kappa shape index (κ3) is 2.61. The van der Waals surface area contributed by atoms with Crippen molar-refractivity contribution < 1.29 is 18.7 Å². The fourth-order valence-electron chi connectivity index (χ4n) is 1.76. The molecule has 20 heavy (non-hydrogen) atoms. The molecule has 0 fully saturated rings. The quantitative estimate of drug-likeness (QED) is 0.902. The van der Waals surface area contributed by atoms with E-state index < -0.39 is 23.2 Å². The van der Waals surface area contributed by atoms with Gasteiger partial charge in [0.25, 0.3) is 0 Å². The zero-order chi connectivity index (χ0) is 14.9. The number of anilines is 1. The maximum atomic E-state index is 13.6. The maximum Gasteiger partial charge on any atom is 0.338 e. The molecule has 1 heterocycles. The average Bonchev–Trinajstić information content (AvgIpc) is 2.69. The van der Waals surface area contributed by atoms with E-state index in [1.807, 2.05) is 6.92 Å². The molecule has 0 unspecified atom stereocenters. The van der Waals surface area contributed by atoms with E-state index in [-0.39, 0.29) is 12.2 Å². The zero-order valence-electron chi connectivity index (χ0n) is 10.9. The summed E-state index contributed by atoms with van der Waals surface area (Å²) in [4.78, 5) is 10.8. The highest BCUT2D eigenvalue weighted by molar-refractivity contribution is 5.89. The highest BCUT2D eigenvalue weighted by atomic mass is 19.1. The number of nitrogens with one attached hydrogen (secondary N) is 1. The van der Waals surface area contributed by atoms with Crippen LogP contribution in [-0.2, 0) is 13.6 Å². The Labute approximate surface area is 113 Å². The minimum atomic E-state index is -1.44. The Morgan fingerprint density at radius 3 is 2.65 bits per heavy atom. The van der Waals surface area contributed by atoms with E-state index in [9.17, 15) is 13.6 Å². The number of aromatic carboxylic acids is 1. The molecule has 1 aromatic heterocycles. The van der Waals surface area contributed by atoms with Crippen LogP contribution in [-0.4, -0.2) is 20.9 Å². The summed E-state index contributed by atoms with van der Waals surface area (Å²) in [6, 6.07) is 1.50. The predicted molar refractivity (Wildman–Crippen MR) is 68.6 cm³/mol. The molecule has 0 atom stereocenters. The highest BCUT2D eigenvalue weighted by Crippen LogP contribution is 2.20. The Bertz CT molecular complexity index is 668. The van der Waals surface area contributed by atoms with Crippen LogP contribution in [0, 0.1) is 18.6 Å². The lowest BCUT2D eigenvalue weighted by atomic mass is 10.1. The van der Waals surface area contributed by atoms with Gasteiger partial charge in [0.05, 0.1) is 17.4 Å². The molecule has 106 valence electrons. The van der Waals surface area contributed by atoms with Gasteiger partial charge in [-0.1, -0.05) is 0 Å². The fourth-order valence-corrected chi connectivity index (χ4v) is 1.76. The van der Waals surface area contributed by atoms with Crippen molar-refractivity contribution in [3.05, 3.63) is 46.8 Å². The minimum absolute atomic E-state index is 0.0629. The van der Waals surface area contributed by atoms with Gasteiger partial charge in [0.15, 0.2) is 0 Å². The number of hydrogen-bond donors (Lipinski definition) is 2. The summed E-state index contributed by atoms with van der Waals surface area (Å²) in [7, 11) is 1.78. The van der Waals surface area contributed by atoms with Gasteiger partial charge in [-0.25, -0.2) is 13.6 Å². The molecular weight excluding hydrogens is 268 g/mol. The summed E-state index contributed by atoms with van der Waals surface area (Å²) >= 11 is 0. The Hall–Kier alpha value is -2.44. The van der Waals surface area contributed by atoms with Crippen molar-refractivity contribution in [3.63, 3.8) is 0 Å². The number of nitrogens with zero attached hydrogens (tertiary/aromatic N) is 2. The van der Waals surface area contributed by atoms with Gasteiger partial charge in [0, 0.05) is 30.9 Å². The smallest absolute Gasteiger partial charge is 0.338 e. The molecule has 0 aliphatic carbocycles. The van der Waals surface area contributed by atoms with Gasteiger partial charge in [-0.3, -0.25) is 4.68 Å². The molecule has 2 rings (SSSR count). The minimum Gasteiger partial charge on any atom is -0.478 e. The van der Waals surface area contributed by atoms with Crippen molar-refractivity contribution in [2.75, 3.05) is 5.32 Å². The summed E-state index contributed by atoms with van der Waals surface area (Å²) < 4.78 is 28.5. The first-order valence-corrected chi connectivity index (χ1v) is 5.84.